The van der Waals surface area contributed by atoms with Gasteiger partial charge in [-0.3, -0.25) is 19.1 Å². The van der Waals surface area contributed by atoms with E-state index in [-0.39, 0.29) is 36.6 Å². The van der Waals surface area contributed by atoms with E-state index in [1.165, 1.54) is 11.1 Å². The second-order valence-electron chi connectivity index (χ2n) is 6.27. The van der Waals surface area contributed by atoms with E-state index in [9.17, 15) is 19.5 Å². The highest BCUT2D eigenvalue weighted by atomic mass is 79.9. The lowest BCUT2D eigenvalue weighted by Gasteiger charge is -2.21. The summed E-state index contributed by atoms with van der Waals surface area (Å²) in [6.45, 7) is 5.29. The molecule has 2 heterocycles. The standard InChI is InChI=1S/C19H19BrN4O4/c1-3-9-23-18(27)16(17(26)21-19(23)28)13-10-14(24(22-13)15(25)4-2)11-5-7-12(20)8-6-11/h3,5-8,14,27H,1,4,9-10H2,2H3,(H,21,26,28)/t14-/m0/s1. The smallest absolute Gasteiger partial charge is 0.331 e. The van der Waals surface area contributed by atoms with Crippen molar-refractivity contribution in [3.05, 3.63) is 73.4 Å². The van der Waals surface area contributed by atoms with Gasteiger partial charge < -0.3 is 5.11 Å². The number of H-pyrrole nitrogens is 1. The topological polar surface area (TPSA) is 108 Å². The van der Waals surface area contributed by atoms with Crippen LogP contribution in [0.5, 0.6) is 5.88 Å². The molecule has 1 aliphatic rings. The Morgan fingerprint density at radius 3 is 2.68 bits per heavy atom. The van der Waals surface area contributed by atoms with Crippen LogP contribution in [-0.2, 0) is 11.3 Å². The molecule has 0 spiro atoms. The fraction of sp³-hybridized carbons (Fsp3) is 0.263. The first-order chi connectivity index (χ1) is 13.4. The number of hydrogen-bond donors (Lipinski definition) is 2. The van der Waals surface area contributed by atoms with Crippen molar-refractivity contribution >= 4 is 27.5 Å². The molecule has 0 fully saturated rings. The average Bonchev–Trinajstić information content (AvgIpc) is 3.09. The molecular formula is C19H19BrN4O4. The predicted molar refractivity (Wildman–Crippen MR) is 108 cm³/mol. The van der Waals surface area contributed by atoms with Gasteiger partial charge in [0, 0.05) is 23.9 Å². The van der Waals surface area contributed by atoms with Crippen LogP contribution in [0.1, 0.15) is 36.9 Å². The summed E-state index contributed by atoms with van der Waals surface area (Å²) in [4.78, 5) is 38.9. The summed E-state index contributed by atoms with van der Waals surface area (Å²) >= 11 is 3.38. The highest BCUT2D eigenvalue weighted by molar-refractivity contribution is 9.10. The molecule has 0 radical (unpaired) electrons. The molecule has 1 atom stereocenters. The van der Waals surface area contributed by atoms with Crippen molar-refractivity contribution in [1.29, 1.82) is 0 Å². The normalized spacial score (nSPS) is 16.1. The maximum Gasteiger partial charge on any atom is 0.331 e. The van der Waals surface area contributed by atoms with Gasteiger partial charge in [0.05, 0.1) is 11.8 Å². The van der Waals surface area contributed by atoms with Gasteiger partial charge in [-0.2, -0.15) is 5.10 Å². The van der Waals surface area contributed by atoms with Crippen LogP contribution in [0.15, 0.2) is 56.1 Å². The average molecular weight is 447 g/mol. The van der Waals surface area contributed by atoms with E-state index in [0.717, 1.165) is 14.6 Å². The van der Waals surface area contributed by atoms with Gasteiger partial charge in [-0.25, -0.2) is 9.80 Å². The van der Waals surface area contributed by atoms with Crippen molar-refractivity contribution in [2.75, 3.05) is 0 Å². The largest absolute Gasteiger partial charge is 0.494 e. The Hall–Kier alpha value is -2.94. The van der Waals surface area contributed by atoms with Gasteiger partial charge in [-0.05, 0) is 17.7 Å². The number of hydrogen-bond acceptors (Lipinski definition) is 5. The number of nitrogens with one attached hydrogen (secondary N) is 1. The van der Waals surface area contributed by atoms with E-state index in [1.54, 1.807) is 6.92 Å². The SMILES string of the molecule is C=CCn1c(O)c(C2=NN(C(=O)CC)[C@H](c3ccc(Br)cc3)C2)c(=O)[nH]c1=O. The summed E-state index contributed by atoms with van der Waals surface area (Å²) < 4.78 is 1.89. The van der Waals surface area contributed by atoms with E-state index in [0.29, 0.717) is 0 Å². The predicted octanol–water partition coefficient (Wildman–Crippen LogP) is 2.28. The van der Waals surface area contributed by atoms with E-state index in [1.807, 2.05) is 24.3 Å². The number of aromatic nitrogens is 2. The van der Waals surface area contributed by atoms with Crippen LogP contribution in [0, 0.1) is 0 Å². The van der Waals surface area contributed by atoms with Crippen LogP contribution in [0.25, 0.3) is 0 Å². The number of amides is 1. The van der Waals surface area contributed by atoms with Crippen LogP contribution in [0.4, 0.5) is 0 Å². The highest BCUT2D eigenvalue weighted by Gasteiger charge is 2.35. The minimum Gasteiger partial charge on any atom is -0.494 e. The van der Waals surface area contributed by atoms with Crippen molar-refractivity contribution in [3.63, 3.8) is 0 Å². The molecule has 2 aromatic rings. The molecule has 0 bridgehead atoms. The highest BCUT2D eigenvalue weighted by Crippen LogP contribution is 2.34. The van der Waals surface area contributed by atoms with Gasteiger partial charge in [0.2, 0.25) is 11.8 Å². The number of carbonyl (C=O) groups excluding carboxylic acids is 1. The first-order valence-electron chi connectivity index (χ1n) is 8.69. The molecule has 1 aromatic heterocycles. The van der Waals surface area contributed by atoms with Gasteiger partial charge in [0.15, 0.2) is 0 Å². The second-order valence-corrected chi connectivity index (χ2v) is 7.18. The Labute approximate surface area is 168 Å². The number of benzene rings is 1. The summed E-state index contributed by atoms with van der Waals surface area (Å²) in [5.74, 6) is -0.703. The second kappa shape index (κ2) is 7.97. The number of nitrogens with zero attached hydrogens (tertiary/aromatic N) is 3. The van der Waals surface area contributed by atoms with Crippen LogP contribution >= 0.6 is 15.9 Å². The Balaban J connectivity index is 2.10. The van der Waals surface area contributed by atoms with Crippen LogP contribution < -0.4 is 11.2 Å². The number of aromatic hydroxyl groups is 1. The van der Waals surface area contributed by atoms with Gasteiger partial charge in [0.1, 0.15) is 5.56 Å². The summed E-state index contributed by atoms with van der Waals surface area (Å²) in [5, 5.41) is 16.2. The van der Waals surface area contributed by atoms with Crippen LogP contribution in [0.3, 0.4) is 0 Å². The lowest BCUT2D eigenvalue weighted by Crippen LogP contribution is -2.33. The minimum absolute atomic E-state index is 0.0233. The zero-order valence-electron chi connectivity index (χ0n) is 15.2. The van der Waals surface area contributed by atoms with Gasteiger partial charge in [-0.1, -0.05) is 41.1 Å². The van der Waals surface area contributed by atoms with E-state index < -0.39 is 23.2 Å². The molecule has 0 saturated heterocycles. The van der Waals surface area contributed by atoms with Gasteiger partial charge in [0.25, 0.3) is 5.56 Å². The quantitative estimate of drug-likeness (QED) is 0.686. The summed E-state index contributed by atoms with van der Waals surface area (Å²) in [7, 11) is 0. The number of rotatable bonds is 5. The fourth-order valence-electron chi connectivity index (χ4n) is 3.12. The number of allylic oxidation sites excluding steroid dienone is 1. The Bertz CT molecular complexity index is 1070. The van der Waals surface area contributed by atoms with Crippen molar-refractivity contribution in [2.24, 2.45) is 5.10 Å². The third-order valence-electron chi connectivity index (χ3n) is 4.50. The van der Waals surface area contributed by atoms with Crippen LogP contribution in [0.2, 0.25) is 0 Å². The van der Waals surface area contributed by atoms with Crippen LogP contribution in [-0.4, -0.2) is 31.3 Å². The monoisotopic (exact) mass is 446 g/mol. The molecule has 1 amide bonds. The molecule has 3 rings (SSSR count). The molecule has 9 heteroatoms. The maximum atomic E-state index is 12.4. The molecule has 8 nitrogen and oxygen atoms in total. The summed E-state index contributed by atoms with van der Waals surface area (Å²) in [6.07, 6.45) is 1.90. The molecule has 28 heavy (non-hydrogen) atoms. The Morgan fingerprint density at radius 1 is 1.39 bits per heavy atom. The van der Waals surface area contributed by atoms with Crippen molar-refractivity contribution in [3.8, 4) is 5.88 Å². The molecule has 0 aliphatic carbocycles. The van der Waals surface area contributed by atoms with E-state index in [4.69, 9.17) is 0 Å². The molecule has 146 valence electrons. The van der Waals surface area contributed by atoms with Gasteiger partial charge >= 0.3 is 5.69 Å². The number of aromatic amines is 1. The van der Waals surface area contributed by atoms with Crippen molar-refractivity contribution in [1.82, 2.24) is 14.6 Å². The number of halogens is 1. The fourth-order valence-corrected chi connectivity index (χ4v) is 3.38. The van der Waals surface area contributed by atoms with Crippen molar-refractivity contribution < 1.29 is 9.90 Å². The molecule has 1 aromatic carbocycles. The van der Waals surface area contributed by atoms with E-state index >= 15 is 0 Å². The van der Waals surface area contributed by atoms with Gasteiger partial charge in [-0.15, -0.1) is 6.58 Å². The zero-order chi connectivity index (χ0) is 20.4. The minimum atomic E-state index is -0.748. The molecular weight excluding hydrogens is 428 g/mol. The first kappa shape index (κ1) is 19.8. The zero-order valence-corrected chi connectivity index (χ0v) is 16.8. The lowest BCUT2D eigenvalue weighted by molar-refractivity contribution is -0.132. The molecule has 0 saturated carbocycles. The summed E-state index contributed by atoms with van der Waals surface area (Å²) in [6, 6.07) is 7.04. The Kier molecular flexibility index (Phi) is 5.64. The third-order valence-corrected chi connectivity index (χ3v) is 5.02. The Morgan fingerprint density at radius 2 is 2.07 bits per heavy atom. The maximum absolute atomic E-state index is 12.4. The summed E-state index contributed by atoms with van der Waals surface area (Å²) in [5.41, 5.74) is -0.516. The number of hydrazone groups is 1. The molecule has 0 unspecified atom stereocenters. The molecule has 2 N–H and O–H groups in total. The van der Waals surface area contributed by atoms with Crippen molar-refractivity contribution in [2.45, 2.75) is 32.4 Å². The third kappa shape index (κ3) is 3.57. The van der Waals surface area contributed by atoms with E-state index in [2.05, 4.69) is 32.6 Å². The lowest BCUT2D eigenvalue weighted by atomic mass is 9.99. The first-order valence-corrected chi connectivity index (χ1v) is 9.49. The molecule has 1 aliphatic heterocycles. The number of carbonyl (C=O) groups is 1.